The number of nitro benzene ring substituents is 1. The number of aryl methyl sites for hydroxylation is 2. The topological polar surface area (TPSA) is 117 Å². The summed E-state index contributed by atoms with van der Waals surface area (Å²) in [4.78, 5) is 42.7. The summed E-state index contributed by atoms with van der Waals surface area (Å²) < 4.78 is 4.76. The highest BCUT2D eigenvalue weighted by molar-refractivity contribution is 5.71. The molecular weight excluding hydrogens is 472 g/mol. The summed E-state index contributed by atoms with van der Waals surface area (Å²) in [6.45, 7) is 6.49. The summed E-state index contributed by atoms with van der Waals surface area (Å²) in [5.41, 5.74) is 1.82. The average molecular weight is 505 g/mol. The van der Waals surface area contributed by atoms with Crippen LogP contribution in [0.4, 0.5) is 5.69 Å². The highest BCUT2D eigenvalue weighted by Gasteiger charge is 2.21. The predicted octanol–water partition coefficient (Wildman–Crippen LogP) is 3.12. The number of benzene rings is 2. The van der Waals surface area contributed by atoms with Gasteiger partial charge in [0.1, 0.15) is 5.82 Å². The summed E-state index contributed by atoms with van der Waals surface area (Å²) in [5.74, 6) is 0.717. The van der Waals surface area contributed by atoms with Crippen molar-refractivity contribution in [1.29, 1.82) is 0 Å². The molecule has 2 aromatic heterocycles. The summed E-state index contributed by atoms with van der Waals surface area (Å²) in [6, 6.07) is 16.3. The van der Waals surface area contributed by atoms with Gasteiger partial charge in [0.2, 0.25) is 0 Å². The first-order chi connectivity index (χ1) is 17.9. The largest absolute Gasteiger partial charge is 0.332 e. The number of rotatable bonds is 12. The van der Waals surface area contributed by atoms with Crippen molar-refractivity contribution in [2.75, 3.05) is 13.1 Å². The van der Waals surface area contributed by atoms with E-state index in [1.807, 2.05) is 48.7 Å². The third-order valence-electron chi connectivity index (χ3n) is 6.35. The first-order valence-electron chi connectivity index (χ1n) is 12.6. The number of aromatic nitrogens is 4. The Morgan fingerprint density at radius 2 is 1.68 bits per heavy atom. The quantitative estimate of drug-likeness (QED) is 0.180. The molecule has 4 rings (SSSR count). The molecule has 2 aromatic carbocycles. The Kier molecular flexibility index (Phi) is 8.29. The number of hydrogen-bond acceptors (Lipinski definition) is 6. The zero-order chi connectivity index (χ0) is 26.4. The first kappa shape index (κ1) is 26.0. The van der Waals surface area contributed by atoms with Crippen LogP contribution in [0, 0.1) is 10.1 Å². The second-order valence-corrected chi connectivity index (χ2v) is 8.94. The third-order valence-corrected chi connectivity index (χ3v) is 6.35. The molecule has 194 valence electrons. The lowest BCUT2D eigenvalue weighted by molar-refractivity contribution is -0.384. The molecule has 1 N–H and O–H groups in total. The molecule has 0 fully saturated rings. The molecule has 10 heteroatoms. The molecule has 0 unspecified atom stereocenters. The Morgan fingerprint density at radius 1 is 0.919 bits per heavy atom. The predicted molar refractivity (Wildman–Crippen MR) is 143 cm³/mol. The highest BCUT2D eigenvalue weighted by Crippen LogP contribution is 2.18. The van der Waals surface area contributed by atoms with Gasteiger partial charge < -0.3 is 9.88 Å². The minimum absolute atomic E-state index is 0.00352. The standard InChI is InChI=1S/C27H32N6O4/c1-3-15-32-26(34)24-25(31(27(32)35)16-13-21-11-8-12-22(18-21)33(36)37)29-23(30(24)17-14-28-4-2)19-20-9-6-5-7-10-20/h5-12,18,28H,3-4,13-17,19H2,1-2H3. The zero-order valence-electron chi connectivity index (χ0n) is 21.2. The smallest absolute Gasteiger partial charge is 0.321 e. The molecule has 37 heavy (non-hydrogen) atoms. The van der Waals surface area contributed by atoms with Crippen LogP contribution in [0.25, 0.3) is 11.2 Å². The number of nitro groups is 1. The molecular formula is C27H32N6O4. The molecule has 0 aliphatic heterocycles. The van der Waals surface area contributed by atoms with Gasteiger partial charge in [-0.1, -0.05) is 56.3 Å². The molecule has 4 aromatic rings. The van der Waals surface area contributed by atoms with E-state index in [-0.39, 0.29) is 17.8 Å². The summed E-state index contributed by atoms with van der Waals surface area (Å²) in [6.07, 6.45) is 1.54. The van der Waals surface area contributed by atoms with Crippen molar-refractivity contribution < 1.29 is 4.92 Å². The van der Waals surface area contributed by atoms with E-state index in [4.69, 9.17) is 4.98 Å². The van der Waals surface area contributed by atoms with Crippen molar-refractivity contribution >= 4 is 16.9 Å². The van der Waals surface area contributed by atoms with Gasteiger partial charge in [-0.05, 0) is 30.5 Å². The van der Waals surface area contributed by atoms with E-state index in [0.29, 0.717) is 55.9 Å². The van der Waals surface area contributed by atoms with Crippen LogP contribution >= 0.6 is 0 Å². The van der Waals surface area contributed by atoms with E-state index in [1.54, 1.807) is 16.7 Å². The molecule has 0 radical (unpaired) electrons. The van der Waals surface area contributed by atoms with E-state index < -0.39 is 10.6 Å². The van der Waals surface area contributed by atoms with Gasteiger partial charge in [0, 0.05) is 44.7 Å². The molecule has 2 heterocycles. The van der Waals surface area contributed by atoms with Gasteiger partial charge >= 0.3 is 5.69 Å². The van der Waals surface area contributed by atoms with Crippen molar-refractivity contribution in [3.8, 4) is 0 Å². The van der Waals surface area contributed by atoms with Gasteiger partial charge in [-0.3, -0.25) is 24.0 Å². The first-order valence-corrected chi connectivity index (χ1v) is 12.6. The fraction of sp³-hybridized carbons (Fsp3) is 0.370. The van der Waals surface area contributed by atoms with Crippen molar-refractivity contribution in [2.45, 2.75) is 52.7 Å². The minimum Gasteiger partial charge on any atom is -0.321 e. The van der Waals surface area contributed by atoms with Gasteiger partial charge in [-0.2, -0.15) is 0 Å². The lowest BCUT2D eigenvalue weighted by Crippen LogP contribution is -2.41. The number of nitrogens with one attached hydrogen (secondary N) is 1. The molecule has 0 amide bonds. The van der Waals surface area contributed by atoms with E-state index in [0.717, 1.165) is 17.7 Å². The van der Waals surface area contributed by atoms with Gasteiger partial charge in [-0.25, -0.2) is 9.78 Å². The molecule has 0 aliphatic rings. The Morgan fingerprint density at radius 3 is 2.38 bits per heavy atom. The number of hydrogen-bond donors (Lipinski definition) is 1. The SMILES string of the molecule is CCCn1c(=O)c2c(nc(Cc3ccccc3)n2CCNCC)n(CCc2cccc([N+](=O)[O-])c2)c1=O. The van der Waals surface area contributed by atoms with Crippen LogP contribution in [0.5, 0.6) is 0 Å². The fourth-order valence-electron chi connectivity index (χ4n) is 4.55. The Labute approximate surface area is 214 Å². The van der Waals surface area contributed by atoms with Crippen LogP contribution in [-0.4, -0.2) is 36.7 Å². The van der Waals surface area contributed by atoms with Crippen LogP contribution in [0.2, 0.25) is 0 Å². The molecule has 0 saturated carbocycles. The lowest BCUT2D eigenvalue weighted by atomic mass is 10.1. The van der Waals surface area contributed by atoms with E-state index in [2.05, 4.69) is 5.32 Å². The van der Waals surface area contributed by atoms with Gasteiger partial charge in [0.05, 0.1) is 4.92 Å². The Balaban J connectivity index is 1.85. The molecule has 0 bridgehead atoms. The lowest BCUT2D eigenvalue weighted by Gasteiger charge is -2.13. The maximum Gasteiger partial charge on any atom is 0.332 e. The van der Waals surface area contributed by atoms with Crippen LogP contribution in [0.3, 0.4) is 0 Å². The molecule has 0 atom stereocenters. The maximum atomic E-state index is 13.6. The van der Waals surface area contributed by atoms with E-state index in [9.17, 15) is 19.7 Å². The summed E-state index contributed by atoms with van der Waals surface area (Å²) in [7, 11) is 0. The van der Waals surface area contributed by atoms with Crippen molar-refractivity contribution in [3.63, 3.8) is 0 Å². The van der Waals surface area contributed by atoms with Crippen molar-refractivity contribution in [3.05, 3.63) is 103 Å². The van der Waals surface area contributed by atoms with Crippen LogP contribution < -0.4 is 16.6 Å². The molecule has 0 aliphatic carbocycles. The Bertz CT molecular complexity index is 1500. The van der Waals surface area contributed by atoms with Gasteiger partial charge in [0.15, 0.2) is 11.2 Å². The zero-order valence-corrected chi connectivity index (χ0v) is 21.2. The number of fused-ring (bicyclic) bond motifs is 1. The van der Waals surface area contributed by atoms with Crippen LogP contribution in [0.1, 0.15) is 37.2 Å². The van der Waals surface area contributed by atoms with Crippen molar-refractivity contribution in [1.82, 2.24) is 24.0 Å². The number of non-ortho nitro benzene ring substituents is 1. The average Bonchev–Trinajstić information content (AvgIpc) is 3.25. The minimum atomic E-state index is -0.433. The van der Waals surface area contributed by atoms with Gasteiger partial charge in [-0.15, -0.1) is 0 Å². The molecule has 0 saturated heterocycles. The monoisotopic (exact) mass is 504 g/mol. The fourth-order valence-corrected chi connectivity index (χ4v) is 4.55. The summed E-state index contributed by atoms with van der Waals surface area (Å²) >= 11 is 0. The maximum absolute atomic E-state index is 13.6. The van der Waals surface area contributed by atoms with Crippen LogP contribution in [0.15, 0.2) is 64.2 Å². The van der Waals surface area contributed by atoms with E-state index >= 15 is 0 Å². The van der Waals surface area contributed by atoms with Crippen LogP contribution in [-0.2, 0) is 32.5 Å². The number of imidazole rings is 1. The molecule has 10 nitrogen and oxygen atoms in total. The summed E-state index contributed by atoms with van der Waals surface area (Å²) in [5, 5.41) is 14.5. The van der Waals surface area contributed by atoms with E-state index in [1.165, 1.54) is 16.7 Å². The highest BCUT2D eigenvalue weighted by atomic mass is 16.6. The second-order valence-electron chi connectivity index (χ2n) is 8.94. The van der Waals surface area contributed by atoms with Crippen molar-refractivity contribution in [2.24, 2.45) is 0 Å². The number of nitrogens with zero attached hydrogens (tertiary/aromatic N) is 5. The third kappa shape index (κ3) is 5.69. The Hall–Kier alpha value is -4.05. The number of likely N-dealkylation sites (N-methyl/N-ethyl adjacent to an activating group) is 1. The molecule has 0 spiro atoms. The second kappa shape index (κ2) is 11.8. The van der Waals surface area contributed by atoms with Gasteiger partial charge in [0.25, 0.3) is 11.2 Å². The normalized spacial score (nSPS) is 11.3.